The van der Waals surface area contributed by atoms with E-state index in [9.17, 15) is 9.59 Å². The molecule has 142 valence electrons. The molecule has 2 aromatic rings. The first-order valence-electron chi connectivity index (χ1n) is 9.72. The van der Waals surface area contributed by atoms with E-state index in [2.05, 4.69) is 17.3 Å². The lowest BCUT2D eigenvalue weighted by Crippen LogP contribution is -2.44. The van der Waals surface area contributed by atoms with Crippen molar-refractivity contribution in [1.29, 1.82) is 0 Å². The van der Waals surface area contributed by atoms with Crippen molar-refractivity contribution in [2.24, 2.45) is 0 Å². The Morgan fingerprint density at radius 2 is 2.26 bits per heavy atom. The number of fused-ring (bicyclic) bond motifs is 1. The molecule has 1 N–H and O–H groups in total. The minimum atomic E-state index is -0.234. The van der Waals surface area contributed by atoms with Gasteiger partial charge in [0.15, 0.2) is 7.28 Å². The van der Waals surface area contributed by atoms with E-state index < -0.39 is 0 Å². The van der Waals surface area contributed by atoms with Gasteiger partial charge in [-0.15, -0.1) is 0 Å². The van der Waals surface area contributed by atoms with Crippen LogP contribution in [0.2, 0.25) is 0 Å². The number of nitrogens with one attached hydrogen (secondary N) is 1. The molecular weight excluding hydrogens is 341 g/mol. The predicted molar refractivity (Wildman–Crippen MR) is 105 cm³/mol. The first-order valence-corrected chi connectivity index (χ1v) is 9.72. The second-order valence-electron chi connectivity index (χ2n) is 6.96. The van der Waals surface area contributed by atoms with Gasteiger partial charge in [-0.1, -0.05) is 25.5 Å². The smallest absolute Gasteiger partial charge is 0.338 e. The molecule has 27 heavy (non-hydrogen) atoms. The monoisotopic (exact) mass is 367 g/mol. The van der Waals surface area contributed by atoms with Gasteiger partial charge in [0, 0.05) is 31.3 Å². The molecule has 2 heterocycles. The minimum absolute atomic E-state index is 0.0362. The van der Waals surface area contributed by atoms with E-state index in [1.165, 1.54) is 0 Å². The average molecular weight is 367 g/mol. The highest BCUT2D eigenvalue weighted by Gasteiger charge is 2.25. The quantitative estimate of drug-likeness (QED) is 0.439. The van der Waals surface area contributed by atoms with Gasteiger partial charge in [-0.05, 0) is 42.4 Å². The number of carbonyl (C=O) groups is 2. The van der Waals surface area contributed by atoms with Gasteiger partial charge in [0.1, 0.15) is 0 Å². The second-order valence-corrected chi connectivity index (χ2v) is 6.96. The van der Waals surface area contributed by atoms with Crippen LogP contribution in [0.15, 0.2) is 36.7 Å². The lowest BCUT2D eigenvalue weighted by atomic mass is 9.57. The Morgan fingerprint density at radius 3 is 3.04 bits per heavy atom. The molecule has 1 aliphatic heterocycles. The molecule has 1 aromatic heterocycles. The molecule has 0 saturated carbocycles. The summed E-state index contributed by atoms with van der Waals surface area (Å²) in [5.74, 6) is -0.0925. The van der Waals surface area contributed by atoms with Crippen LogP contribution >= 0.6 is 0 Å². The number of hydrogen-bond acceptors (Lipinski definition) is 4. The van der Waals surface area contributed by atoms with Crippen molar-refractivity contribution in [2.45, 2.75) is 51.4 Å². The Morgan fingerprint density at radius 1 is 1.37 bits per heavy atom. The minimum Gasteiger partial charge on any atom is -0.462 e. The van der Waals surface area contributed by atoms with Crippen LogP contribution in [0.25, 0.3) is 0 Å². The van der Waals surface area contributed by atoms with Crippen molar-refractivity contribution in [3.63, 3.8) is 0 Å². The van der Waals surface area contributed by atoms with Crippen molar-refractivity contribution >= 4 is 19.2 Å². The topological polar surface area (TPSA) is 73.2 Å². The maximum absolute atomic E-state index is 12.3. The summed E-state index contributed by atoms with van der Waals surface area (Å²) in [6, 6.07) is 7.63. The van der Waals surface area contributed by atoms with Gasteiger partial charge in [0.2, 0.25) is 5.91 Å². The number of rotatable bonds is 8. The zero-order valence-corrected chi connectivity index (χ0v) is 15.8. The maximum atomic E-state index is 12.3. The molecule has 0 fully saturated rings. The van der Waals surface area contributed by atoms with E-state index in [0.29, 0.717) is 25.1 Å². The highest BCUT2D eigenvalue weighted by atomic mass is 16.5. The van der Waals surface area contributed by atoms with Crippen molar-refractivity contribution in [2.75, 3.05) is 6.61 Å². The Kier molecular flexibility index (Phi) is 6.68. The van der Waals surface area contributed by atoms with Crippen LogP contribution in [0.5, 0.6) is 0 Å². The van der Waals surface area contributed by atoms with Crippen LogP contribution in [0.1, 0.15) is 47.7 Å². The lowest BCUT2D eigenvalue weighted by Gasteiger charge is -2.26. The van der Waals surface area contributed by atoms with Crippen LogP contribution < -0.4 is 5.32 Å². The predicted octanol–water partition coefficient (Wildman–Crippen LogP) is 1.87. The fourth-order valence-corrected chi connectivity index (χ4v) is 3.46. The summed E-state index contributed by atoms with van der Waals surface area (Å²) in [5, 5.41) is 7.23. The Balaban J connectivity index is 1.55. The normalized spacial score (nSPS) is 15.5. The summed E-state index contributed by atoms with van der Waals surface area (Å²) in [7, 11) is 0.833. The van der Waals surface area contributed by atoms with Gasteiger partial charge >= 0.3 is 5.97 Å². The SMILES string of the molecule is CCCCOC(=O)c1cccc2c1CBC(NC(=O)CCn1cccn1)C2. The largest absolute Gasteiger partial charge is 0.462 e. The van der Waals surface area contributed by atoms with Crippen molar-refractivity contribution < 1.29 is 14.3 Å². The van der Waals surface area contributed by atoms with E-state index in [1.54, 1.807) is 10.9 Å². The standard InChI is InChI=1S/C20H26BN3O3/c1-2-3-12-27-20(26)16-7-4-6-15-13-18(21-14-17(15)16)23-19(25)8-11-24-10-5-9-22-24/h4-7,9-10,18,21H,2-3,8,11-14H2,1H3,(H,23,25). The molecule has 3 rings (SSSR count). The number of unbranched alkanes of at least 4 members (excludes halogenated alkanes) is 1. The van der Waals surface area contributed by atoms with E-state index in [-0.39, 0.29) is 17.8 Å². The molecule has 1 amide bonds. The summed E-state index contributed by atoms with van der Waals surface area (Å²) in [5.41, 5.74) is 2.87. The van der Waals surface area contributed by atoms with Crippen LogP contribution in [-0.2, 0) is 28.8 Å². The second kappa shape index (κ2) is 9.39. The van der Waals surface area contributed by atoms with Crippen LogP contribution in [0.3, 0.4) is 0 Å². The molecule has 7 heteroatoms. The van der Waals surface area contributed by atoms with E-state index in [4.69, 9.17) is 4.74 Å². The lowest BCUT2D eigenvalue weighted by molar-refractivity contribution is -0.121. The number of amides is 1. The van der Waals surface area contributed by atoms with Crippen LogP contribution in [0.4, 0.5) is 0 Å². The number of nitrogens with zero attached hydrogens (tertiary/aromatic N) is 2. The first-order chi connectivity index (χ1) is 13.2. The van der Waals surface area contributed by atoms with Gasteiger partial charge in [0.05, 0.1) is 12.2 Å². The molecule has 1 unspecified atom stereocenters. The summed E-state index contributed by atoms with van der Waals surface area (Å²) >= 11 is 0. The number of ether oxygens (including phenoxy) is 1. The van der Waals surface area contributed by atoms with Gasteiger partial charge in [0.25, 0.3) is 0 Å². The van der Waals surface area contributed by atoms with Crippen molar-refractivity contribution in [3.8, 4) is 0 Å². The highest BCUT2D eigenvalue weighted by Crippen LogP contribution is 2.22. The molecule has 0 saturated heterocycles. The van der Waals surface area contributed by atoms with E-state index in [0.717, 1.165) is 44.0 Å². The van der Waals surface area contributed by atoms with Gasteiger partial charge in [-0.2, -0.15) is 5.10 Å². The maximum Gasteiger partial charge on any atom is 0.338 e. The molecule has 0 aliphatic carbocycles. The molecule has 1 aliphatic rings. The number of benzene rings is 1. The third-order valence-electron chi connectivity index (χ3n) is 4.93. The number of carbonyl (C=O) groups excluding carboxylic acids is 2. The fourth-order valence-electron chi connectivity index (χ4n) is 3.46. The van der Waals surface area contributed by atoms with Gasteiger partial charge < -0.3 is 10.1 Å². The van der Waals surface area contributed by atoms with Crippen molar-refractivity contribution in [3.05, 3.63) is 53.3 Å². The van der Waals surface area contributed by atoms with E-state index in [1.807, 2.05) is 30.5 Å². The first kappa shape index (κ1) is 19.2. The number of aryl methyl sites for hydroxylation is 1. The van der Waals surface area contributed by atoms with Crippen LogP contribution in [0, 0.1) is 0 Å². The highest BCUT2D eigenvalue weighted by molar-refractivity contribution is 6.38. The third-order valence-corrected chi connectivity index (χ3v) is 4.93. The molecule has 0 bridgehead atoms. The Hall–Kier alpha value is -2.57. The molecule has 0 spiro atoms. The third kappa shape index (κ3) is 5.22. The summed E-state index contributed by atoms with van der Waals surface area (Å²) in [6.07, 6.45) is 7.38. The molecule has 1 aromatic carbocycles. The molecule has 1 atom stereocenters. The Bertz CT molecular complexity index is 777. The molecule has 0 radical (unpaired) electrons. The number of esters is 1. The molecule has 6 nitrogen and oxygen atoms in total. The van der Waals surface area contributed by atoms with Gasteiger partial charge in [-0.25, -0.2) is 4.79 Å². The zero-order valence-electron chi connectivity index (χ0n) is 15.8. The number of hydrogen-bond donors (Lipinski definition) is 1. The molecular formula is C20H26BN3O3. The Labute approximate surface area is 160 Å². The summed E-state index contributed by atoms with van der Waals surface area (Å²) in [4.78, 5) is 24.6. The summed E-state index contributed by atoms with van der Waals surface area (Å²) < 4.78 is 7.13. The van der Waals surface area contributed by atoms with E-state index >= 15 is 0 Å². The summed E-state index contributed by atoms with van der Waals surface area (Å²) in [6.45, 7) is 3.12. The fraction of sp³-hybridized carbons (Fsp3) is 0.450. The average Bonchev–Trinajstić information content (AvgIpc) is 3.19. The van der Waals surface area contributed by atoms with Crippen LogP contribution in [-0.4, -0.2) is 41.5 Å². The van der Waals surface area contributed by atoms with Crippen molar-refractivity contribution in [1.82, 2.24) is 15.1 Å². The number of aromatic nitrogens is 2. The van der Waals surface area contributed by atoms with Gasteiger partial charge in [-0.3, -0.25) is 9.48 Å². The zero-order chi connectivity index (χ0) is 19.1.